The van der Waals surface area contributed by atoms with Gasteiger partial charge in [-0.25, -0.2) is 0 Å². The number of carbonyl (C=O) groups excluding carboxylic acids is 1. The second-order valence-electron chi connectivity index (χ2n) is 4.91. The van der Waals surface area contributed by atoms with Crippen molar-refractivity contribution >= 4 is 5.91 Å². The molecule has 0 saturated heterocycles. The van der Waals surface area contributed by atoms with Gasteiger partial charge in [-0.2, -0.15) is 0 Å². The Labute approximate surface area is 100 Å². The Hall–Kier alpha value is -0.570. The van der Waals surface area contributed by atoms with Gasteiger partial charge in [0, 0.05) is 12.6 Å². The number of hydrogen-bond donors (Lipinski definition) is 1. The second-order valence-corrected chi connectivity index (χ2v) is 4.91. The van der Waals surface area contributed by atoms with E-state index in [9.17, 15) is 4.79 Å². The first kappa shape index (κ1) is 15.4. The summed E-state index contributed by atoms with van der Waals surface area (Å²) < 4.78 is 0. The van der Waals surface area contributed by atoms with Crippen LogP contribution in [0, 0.1) is 5.92 Å². The summed E-state index contributed by atoms with van der Waals surface area (Å²) in [5, 5.41) is 0. The smallest absolute Gasteiger partial charge is 0.239 e. The van der Waals surface area contributed by atoms with Gasteiger partial charge in [0.2, 0.25) is 5.91 Å². The molecule has 16 heavy (non-hydrogen) atoms. The van der Waals surface area contributed by atoms with Gasteiger partial charge in [-0.05, 0) is 25.7 Å². The summed E-state index contributed by atoms with van der Waals surface area (Å²) in [5.41, 5.74) is 5.93. The standard InChI is InChI=1S/C13H28N2O/c1-6-8-9-15(11(5)7-2)13(16)12(14)10(3)4/h10-12H,6-9,14H2,1-5H3/t11?,12-/m1/s1. The van der Waals surface area contributed by atoms with E-state index in [2.05, 4.69) is 20.8 Å². The van der Waals surface area contributed by atoms with Crippen LogP contribution < -0.4 is 5.73 Å². The maximum atomic E-state index is 12.2. The number of nitrogens with two attached hydrogens (primary N) is 1. The van der Waals surface area contributed by atoms with Gasteiger partial charge in [0.25, 0.3) is 0 Å². The average Bonchev–Trinajstić information content (AvgIpc) is 2.27. The third-order valence-electron chi connectivity index (χ3n) is 3.16. The van der Waals surface area contributed by atoms with Gasteiger partial charge in [-0.15, -0.1) is 0 Å². The van der Waals surface area contributed by atoms with Crippen molar-refractivity contribution in [2.75, 3.05) is 6.54 Å². The van der Waals surface area contributed by atoms with Crippen molar-refractivity contribution in [2.24, 2.45) is 11.7 Å². The zero-order valence-electron chi connectivity index (χ0n) is 11.5. The molecule has 0 heterocycles. The summed E-state index contributed by atoms with van der Waals surface area (Å²) in [7, 11) is 0. The number of nitrogens with zero attached hydrogens (tertiary/aromatic N) is 1. The zero-order chi connectivity index (χ0) is 12.7. The van der Waals surface area contributed by atoms with E-state index >= 15 is 0 Å². The van der Waals surface area contributed by atoms with Gasteiger partial charge in [-0.1, -0.05) is 34.1 Å². The Morgan fingerprint density at radius 1 is 1.25 bits per heavy atom. The molecule has 0 aliphatic heterocycles. The monoisotopic (exact) mass is 228 g/mol. The normalized spacial score (nSPS) is 14.9. The van der Waals surface area contributed by atoms with Crippen LogP contribution in [0.5, 0.6) is 0 Å². The summed E-state index contributed by atoms with van der Waals surface area (Å²) in [6.07, 6.45) is 3.15. The van der Waals surface area contributed by atoms with Crippen LogP contribution in [-0.2, 0) is 4.79 Å². The van der Waals surface area contributed by atoms with Gasteiger partial charge < -0.3 is 10.6 Å². The molecular formula is C13H28N2O. The Kier molecular flexibility index (Phi) is 7.39. The van der Waals surface area contributed by atoms with Crippen LogP contribution in [0.3, 0.4) is 0 Å². The summed E-state index contributed by atoms with van der Waals surface area (Å²) in [4.78, 5) is 14.1. The largest absolute Gasteiger partial charge is 0.339 e. The van der Waals surface area contributed by atoms with Crippen LogP contribution in [0.2, 0.25) is 0 Å². The minimum absolute atomic E-state index is 0.109. The van der Waals surface area contributed by atoms with E-state index in [-0.39, 0.29) is 17.9 Å². The highest BCUT2D eigenvalue weighted by Crippen LogP contribution is 2.11. The zero-order valence-corrected chi connectivity index (χ0v) is 11.5. The highest BCUT2D eigenvalue weighted by molar-refractivity contribution is 5.82. The number of hydrogen-bond acceptors (Lipinski definition) is 2. The molecule has 2 N–H and O–H groups in total. The molecule has 2 atom stereocenters. The lowest BCUT2D eigenvalue weighted by molar-refractivity contribution is -0.135. The fraction of sp³-hybridized carbons (Fsp3) is 0.923. The molecule has 0 saturated carbocycles. The molecular weight excluding hydrogens is 200 g/mol. The minimum Gasteiger partial charge on any atom is -0.339 e. The molecule has 3 heteroatoms. The lowest BCUT2D eigenvalue weighted by atomic mass is 10.0. The first-order valence-corrected chi connectivity index (χ1v) is 6.51. The van der Waals surface area contributed by atoms with E-state index < -0.39 is 0 Å². The van der Waals surface area contributed by atoms with Crippen LogP contribution in [0.25, 0.3) is 0 Å². The van der Waals surface area contributed by atoms with E-state index in [0.717, 1.165) is 25.8 Å². The van der Waals surface area contributed by atoms with Crippen molar-refractivity contribution in [2.45, 2.75) is 66.0 Å². The van der Waals surface area contributed by atoms with Crippen molar-refractivity contribution in [1.29, 1.82) is 0 Å². The minimum atomic E-state index is -0.356. The van der Waals surface area contributed by atoms with Crippen molar-refractivity contribution in [3.05, 3.63) is 0 Å². The molecule has 0 bridgehead atoms. The van der Waals surface area contributed by atoms with Crippen molar-refractivity contribution in [3.8, 4) is 0 Å². The predicted octanol–water partition coefficient (Wildman–Crippen LogP) is 2.40. The van der Waals surface area contributed by atoms with Gasteiger partial charge in [0.15, 0.2) is 0 Å². The summed E-state index contributed by atoms with van der Waals surface area (Å²) >= 11 is 0. The predicted molar refractivity (Wildman–Crippen MR) is 69.2 cm³/mol. The highest BCUT2D eigenvalue weighted by Gasteiger charge is 2.25. The quantitative estimate of drug-likeness (QED) is 0.727. The molecule has 96 valence electrons. The molecule has 3 nitrogen and oxygen atoms in total. The van der Waals surface area contributed by atoms with Crippen LogP contribution in [0.1, 0.15) is 53.9 Å². The highest BCUT2D eigenvalue weighted by atomic mass is 16.2. The molecule has 1 unspecified atom stereocenters. The Bertz CT molecular complexity index is 204. The topological polar surface area (TPSA) is 46.3 Å². The number of unbranched alkanes of at least 4 members (excludes halogenated alkanes) is 1. The summed E-state index contributed by atoms with van der Waals surface area (Å²) in [6.45, 7) is 11.2. The lowest BCUT2D eigenvalue weighted by Crippen LogP contribution is -2.50. The lowest BCUT2D eigenvalue weighted by Gasteiger charge is -2.32. The van der Waals surface area contributed by atoms with Gasteiger partial charge in [0.1, 0.15) is 0 Å². The molecule has 0 fully saturated rings. The van der Waals surface area contributed by atoms with E-state index in [1.807, 2.05) is 18.7 Å². The molecule has 0 rings (SSSR count). The molecule has 1 amide bonds. The average molecular weight is 228 g/mol. The first-order valence-electron chi connectivity index (χ1n) is 6.51. The fourth-order valence-corrected chi connectivity index (χ4v) is 1.57. The van der Waals surface area contributed by atoms with Gasteiger partial charge in [-0.3, -0.25) is 4.79 Å². The SMILES string of the molecule is CCCCN(C(=O)[C@H](N)C(C)C)C(C)CC. The molecule has 0 aromatic rings. The van der Waals surface area contributed by atoms with E-state index in [1.54, 1.807) is 0 Å². The maximum absolute atomic E-state index is 12.2. The molecule has 0 aromatic carbocycles. The van der Waals surface area contributed by atoms with Crippen molar-refractivity contribution in [1.82, 2.24) is 4.90 Å². The van der Waals surface area contributed by atoms with Crippen molar-refractivity contribution in [3.63, 3.8) is 0 Å². The Balaban J connectivity index is 4.54. The second kappa shape index (κ2) is 7.66. The van der Waals surface area contributed by atoms with Crippen LogP contribution in [0.15, 0.2) is 0 Å². The van der Waals surface area contributed by atoms with Crippen LogP contribution in [-0.4, -0.2) is 29.4 Å². The molecule has 0 aromatic heterocycles. The van der Waals surface area contributed by atoms with Gasteiger partial charge in [0.05, 0.1) is 6.04 Å². The van der Waals surface area contributed by atoms with Crippen molar-refractivity contribution < 1.29 is 4.79 Å². The molecule has 0 radical (unpaired) electrons. The maximum Gasteiger partial charge on any atom is 0.239 e. The number of rotatable bonds is 7. The molecule has 0 aliphatic rings. The van der Waals surface area contributed by atoms with Crippen LogP contribution in [0.4, 0.5) is 0 Å². The Morgan fingerprint density at radius 3 is 2.19 bits per heavy atom. The fourth-order valence-electron chi connectivity index (χ4n) is 1.57. The molecule has 0 aliphatic carbocycles. The third kappa shape index (κ3) is 4.52. The first-order chi connectivity index (χ1) is 7.45. The van der Waals surface area contributed by atoms with E-state index in [0.29, 0.717) is 6.04 Å². The summed E-state index contributed by atoms with van der Waals surface area (Å²) in [6, 6.07) is -0.0605. The Morgan fingerprint density at radius 2 is 1.81 bits per heavy atom. The van der Waals surface area contributed by atoms with Gasteiger partial charge >= 0.3 is 0 Å². The summed E-state index contributed by atoms with van der Waals surface area (Å²) in [5.74, 6) is 0.318. The van der Waals surface area contributed by atoms with E-state index in [1.165, 1.54) is 0 Å². The number of carbonyl (C=O) groups is 1. The number of amides is 1. The molecule has 0 spiro atoms. The van der Waals surface area contributed by atoms with E-state index in [4.69, 9.17) is 5.73 Å². The third-order valence-corrected chi connectivity index (χ3v) is 3.16. The van der Waals surface area contributed by atoms with Crippen LogP contribution >= 0.6 is 0 Å².